The quantitative estimate of drug-likeness (QED) is 0.769. The third-order valence-electron chi connectivity index (χ3n) is 7.21. The molecule has 1 aromatic carbocycles. The van der Waals surface area contributed by atoms with Crippen molar-refractivity contribution in [1.29, 1.82) is 0 Å². The molecule has 3 aliphatic rings. The molecule has 0 unspecified atom stereocenters. The zero-order valence-electron chi connectivity index (χ0n) is 18.2. The van der Waals surface area contributed by atoms with Crippen LogP contribution in [0.2, 0.25) is 0 Å². The lowest BCUT2D eigenvalue weighted by molar-refractivity contribution is -0.136. The van der Waals surface area contributed by atoms with E-state index in [1.807, 2.05) is 4.90 Å². The Bertz CT molecular complexity index is 772. The zero-order valence-corrected chi connectivity index (χ0v) is 18.2. The third kappa shape index (κ3) is 3.75. The Balaban J connectivity index is 1.39. The van der Waals surface area contributed by atoms with Gasteiger partial charge in [-0.25, -0.2) is 4.79 Å². The molecule has 0 N–H and O–H groups in total. The smallest absolute Gasteiger partial charge is 0.319 e. The number of hydrogen-bond acceptors (Lipinski definition) is 3. The van der Waals surface area contributed by atoms with Crippen LogP contribution in [-0.2, 0) is 4.79 Å². The second kappa shape index (κ2) is 7.98. The van der Waals surface area contributed by atoms with Gasteiger partial charge in [0, 0.05) is 64.7 Å². The van der Waals surface area contributed by atoms with Gasteiger partial charge in [0.15, 0.2) is 0 Å². The molecule has 0 saturated carbocycles. The van der Waals surface area contributed by atoms with E-state index in [0.29, 0.717) is 36.9 Å². The van der Waals surface area contributed by atoms with E-state index in [2.05, 4.69) is 48.0 Å². The maximum absolute atomic E-state index is 13.2. The van der Waals surface area contributed by atoms with Crippen LogP contribution in [0.1, 0.15) is 30.0 Å². The standard InChI is InChI=1S/C23H34N4O2/c1-16-7-5-6-8-19(16)21-20-15-27(14-18(20)13-25(21)4)22(28)17-9-11-26(12-10-17)23(29)24(2)3/h5-8,17-18,20-21H,9-15H2,1-4H3/t18-,20+,21-/m0/s1. The molecule has 29 heavy (non-hydrogen) atoms. The predicted octanol–water partition coefficient (Wildman–Crippen LogP) is 2.45. The largest absolute Gasteiger partial charge is 0.342 e. The molecule has 3 amide bonds. The summed E-state index contributed by atoms with van der Waals surface area (Å²) in [6.45, 7) is 6.36. The highest BCUT2D eigenvalue weighted by Crippen LogP contribution is 2.45. The molecule has 3 atom stereocenters. The molecule has 1 aromatic rings. The fourth-order valence-electron chi connectivity index (χ4n) is 5.68. The summed E-state index contributed by atoms with van der Waals surface area (Å²) in [4.78, 5) is 33.5. The summed E-state index contributed by atoms with van der Waals surface area (Å²) in [5, 5.41) is 0. The van der Waals surface area contributed by atoms with E-state index < -0.39 is 0 Å². The maximum atomic E-state index is 13.2. The van der Waals surface area contributed by atoms with Crippen LogP contribution in [0.15, 0.2) is 24.3 Å². The van der Waals surface area contributed by atoms with E-state index in [1.165, 1.54) is 11.1 Å². The minimum absolute atomic E-state index is 0.0516. The molecule has 3 saturated heterocycles. The van der Waals surface area contributed by atoms with Crippen molar-refractivity contribution in [3.8, 4) is 0 Å². The zero-order chi connectivity index (χ0) is 20.7. The minimum Gasteiger partial charge on any atom is -0.342 e. The molecule has 0 bridgehead atoms. The lowest BCUT2D eigenvalue weighted by atomic mass is 9.88. The van der Waals surface area contributed by atoms with E-state index in [-0.39, 0.29) is 11.9 Å². The van der Waals surface area contributed by atoms with E-state index >= 15 is 0 Å². The van der Waals surface area contributed by atoms with Crippen LogP contribution in [0.3, 0.4) is 0 Å². The van der Waals surface area contributed by atoms with Gasteiger partial charge in [-0.3, -0.25) is 9.69 Å². The monoisotopic (exact) mass is 398 g/mol. The first-order valence-electron chi connectivity index (χ1n) is 10.9. The summed E-state index contributed by atoms with van der Waals surface area (Å²) in [5.74, 6) is 1.45. The molecule has 3 fully saturated rings. The molecular formula is C23H34N4O2. The molecule has 0 spiro atoms. The van der Waals surface area contributed by atoms with Crippen LogP contribution >= 0.6 is 0 Å². The van der Waals surface area contributed by atoms with E-state index in [4.69, 9.17) is 0 Å². The van der Waals surface area contributed by atoms with Crippen LogP contribution < -0.4 is 0 Å². The number of nitrogens with zero attached hydrogens (tertiary/aromatic N) is 4. The average Bonchev–Trinajstić information content (AvgIpc) is 3.24. The summed E-state index contributed by atoms with van der Waals surface area (Å²) >= 11 is 0. The molecular weight excluding hydrogens is 364 g/mol. The number of likely N-dealkylation sites (tertiary alicyclic amines) is 3. The van der Waals surface area contributed by atoms with Gasteiger partial charge in [-0.15, -0.1) is 0 Å². The molecule has 3 aliphatic heterocycles. The summed E-state index contributed by atoms with van der Waals surface area (Å²) in [7, 11) is 5.79. The number of aryl methyl sites for hydroxylation is 1. The van der Waals surface area contributed by atoms with Crippen LogP contribution in [-0.4, -0.2) is 85.4 Å². The normalized spacial score (nSPS) is 27.9. The third-order valence-corrected chi connectivity index (χ3v) is 7.21. The van der Waals surface area contributed by atoms with Crippen molar-refractivity contribution in [2.45, 2.75) is 25.8 Å². The van der Waals surface area contributed by atoms with Crippen molar-refractivity contribution in [2.24, 2.45) is 17.8 Å². The molecule has 0 aliphatic carbocycles. The Hall–Kier alpha value is -2.08. The van der Waals surface area contributed by atoms with Crippen molar-refractivity contribution in [3.63, 3.8) is 0 Å². The summed E-state index contributed by atoms with van der Waals surface area (Å²) in [5.41, 5.74) is 2.75. The van der Waals surface area contributed by atoms with E-state index in [1.54, 1.807) is 19.0 Å². The number of fused-ring (bicyclic) bond motifs is 1. The van der Waals surface area contributed by atoms with E-state index in [9.17, 15) is 9.59 Å². The fourth-order valence-corrected chi connectivity index (χ4v) is 5.68. The van der Waals surface area contributed by atoms with Crippen LogP contribution in [0.25, 0.3) is 0 Å². The second-order valence-corrected chi connectivity index (χ2v) is 9.35. The van der Waals surface area contributed by atoms with Crippen molar-refractivity contribution >= 4 is 11.9 Å². The van der Waals surface area contributed by atoms with Crippen LogP contribution in [0, 0.1) is 24.7 Å². The number of carbonyl (C=O) groups excluding carboxylic acids is 2. The molecule has 6 heteroatoms. The van der Waals surface area contributed by atoms with Gasteiger partial charge in [0.2, 0.25) is 5.91 Å². The Morgan fingerprint density at radius 2 is 1.69 bits per heavy atom. The van der Waals surface area contributed by atoms with Crippen LogP contribution in [0.5, 0.6) is 0 Å². The number of rotatable bonds is 2. The SMILES string of the molecule is Cc1ccccc1[C@H]1[C@@H]2CN(C(=O)C3CCN(C(=O)N(C)C)CC3)C[C@@H]2CN1C. The summed E-state index contributed by atoms with van der Waals surface area (Å²) in [6, 6.07) is 9.13. The summed E-state index contributed by atoms with van der Waals surface area (Å²) < 4.78 is 0. The maximum Gasteiger partial charge on any atom is 0.319 e. The van der Waals surface area contributed by atoms with Crippen molar-refractivity contribution in [1.82, 2.24) is 19.6 Å². The number of carbonyl (C=O) groups is 2. The lowest BCUT2D eigenvalue weighted by Gasteiger charge is -2.35. The first-order valence-corrected chi connectivity index (χ1v) is 10.9. The first kappa shape index (κ1) is 20.2. The van der Waals surface area contributed by atoms with E-state index in [0.717, 1.165) is 32.5 Å². The van der Waals surface area contributed by atoms with Crippen molar-refractivity contribution < 1.29 is 9.59 Å². The fraction of sp³-hybridized carbons (Fsp3) is 0.652. The van der Waals surface area contributed by atoms with Gasteiger partial charge < -0.3 is 14.7 Å². The Kier molecular flexibility index (Phi) is 5.56. The van der Waals surface area contributed by atoms with Crippen LogP contribution in [0.4, 0.5) is 4.79 Å². The average molecular weight is 399 g/mol. The number of urea groups is 1. The molecule has 0 aromatic heterocycles. The molecule has 6 nitrogen and oxygen atoms in total. The highest BCUT2D eigenvalue weighted by atomic mass is 16.2. The Morgan fingerprint density at radius 3 is 2.34 bits per heavy atom. The highest BCUT2D eigenvalue weighted by molar-refractivity contribution is 5.80. The van der Waals surface area contributed by atoms with Gasteiger partial charge in [-0.1, -0.05) is 24.3 Å². The van der Waals surface area contributed by atoms with Gasteiger partial charge in [-0.05, 0) is 43.9 Å². The van der Waals surface area contributed by atoms with Gasteiger partial charge in [0.05, 0.1) is 0 Å². The Morgan fingerprint density at radius 1 is 1.00 bits per heavy atom. The van der Waals surface area contributed by atoms with Crippen molar-refractivity contribution in [3.05, 3.63) is 35.4 Å². The van der Waals surface area contributed by atoms with Gasteiger partial charge in [0.25, 0.3) is 0 Å². The summed E-state index contributed by atoms with van der Waals surface area (Å²) in [6.07, 6.45) is 1.57. The number of amides is 3. The number of benzene rings is 1. The molecule has 3 heterocycles. The first-order chi connectivity index (χ1) is 13.9. The number of hydrogen-bond donors (Lipinski definition) is 0. The minimum atomic E-state index is 0.0516. The topological polar surface area (TPSA) is 47.1 Å². The lowest BCUT2D eigenvalue weighted by Crippen LogP contribution is -2.47. The Labute approximate surface area is 174 Å². The second-order valence-electron chi connectivity index (χ2n) is 9.35. The van der Waals surface area contributed by atoms with Gasteiger partial charge in [0.1, 0.15) is 0 Å². The van der Waals surface area contributed by atoms with Crippen molar-refractivity contribution in [2.75, 3.05) is 53.9 Å². The van der Waals surface area contributed by atoms with Gasteiger partial charge in [-0.2, -0.15) is 0 Å². The highest BCUT2D eigenvalue weighted by Gasteiger charge is 2.48. The number of piperidine rings is 1. The molecule has 4 rings (SSSR count). The van der Waals surface area contributed by atoms with Gasteiger partial charge >= 0.3 is 6.03 Å². The predicted molar refractivity (Wildman–Crippen MR) is 113 cm³/mol. The molecule has 0 radical (unpaired) electrons. The molecule has 158 valence electrons.